The van der Waals surface area contributed by atoms with E-state index in [1.807, 2.05) is 0 Å². The maximum Gasteiger partial charge on any atom is 0.416 e. The van der Waals surface area contributed by atoms with Crippen molar-refractivity contribution in [1.29, 1.82) is 0 Å². The second-order valence-electron chi connectivity index (χ2n) is 5.25. The van der Waals surface area contributed by atoms with Gasteiger partial charge in [-0.2, -0.15) is 13.2 Å². The molecule has 0 unspecified atom stereocenters. The van der Waals surface area contributed by atoms with Crippen molar-refractivity contribution in [2.45, 2.75) is 17.6 Å². The Hall–Kier alpha value is -2.26. The number of alkyl halides is 3. The smallest absolute Gasteiger partial charge is 0.288 e. The molecule has 24 heavy (non-hydrogen) atoms. The number of hydrogen-bond donors (Lipinski definition) is 1. The Morgan fingerprint density at radius 2 is 1.83 bits per heavy atom. The van der Waals surface area contributed by atoms with Gasteiger partial charge in [0.15, 0.2) is 0 Å². The fraction of sp³-hybridized carbons (Fsp3) is 0.133. The average Bonchev–Trinajstić information content (AvgIpc) is 2.92. The van der Waals surface area contributed by atoms with Gasteiger partial charge in [-0.05, 0) is 41.0 Å². The van der Waals surface area contributed by atoms with Gasteiger partial charge in [-0.3, -0.25) is 4.99 Å². The lowest BCUT2D eigenvalue weighted by atomic mass is 9.94. The molecule has 0 spiro atoms. The summed E-state index contributed by atoms with van der Waals surface area (Å²) in [4.78, 5) is 3.22. The molecule has 0 atom stereocenters. The molecular formula is C15H10F4N2O2S. The van der Waals surface area contributed by atoms with E-state index in [0.717, 1.165) is 24.3 Å². The SMILES string of the molecule is NS(=O)(=O)c1ccc(-c2cc(C(F)(F)F)cc3c2C=NC3)cc1F. The van der Waals surface area contributed by atoms with Crippen LogP contribution < -0.4 is 5.14 Å². The van der Waals surface area contributed by atoms with Crippen molar-refractivity contribution in [3.63, 3.8) is 0 Å². The van der Waals surface area contributed by atoms with Crippen LogP contribution in [0.3, 0.4) is 0 Å². The highest BCUT2D eigenvalue weighted by molar-refractivity contribution is 7.89. The molecule has 0 saturated carbocycles. The summed E-state index contributed by atoms with van der Waals surface area (Å²) in [6.07, 6.45) is -3.15. The van der Waals surface area contributed by atoms with E-state index in [1.165, 1.54) is 12.3 Å². The molecule has 0 bridgehead atoms. The van der Waals surface area contributed by atoms with Crippen LogP contribution in [0.25, 0.3) is 11.1 Å². The van der Waals surface area contributed by atoms with Crippen LogP contribution in [0, 0.1) is 5.82 Å². The van der Waals surface area contributed by atoms with Gasteiger partial charge in [0.2, 0.25) is 10.0 Å². The van der Waals surface area contributed by atoms with Crippen LogP contribution in [0.2, 0.25) is 0 Å². The zero-order chi connectivity index (χ0) is 17.7. The maximum absolute atomic E-state index is 14.0. The molecule has 0 saturated heterocycles. The normalized spacial score (nSPS) is 14.0. The number of rotatable bonds is 2. The molecule has 4 nitrogen and oxygen atoms in total. The standard InChI is InChI=1S/C15H10F4N2O2S/c16-13-4-8(1-2-14(13)24(20,22)23)11-5-10(15(17,18)19)3-9-6-21-7-12(9)11/h1-5,7H,6H2,(H2,20,22,23). The lowest BCUT2D eigenvalue weighted by Gasteiger charge is -2.14. The molecule has 0 aliphatic carbocycles. The fourth-order valence-corrected chi connectivity index (χ4v) is 3.12. The largest absolute Gasteiger partial charge is 0.416 e. The third-order valence-electron chi connectivity index (χ3n) is 3.62. The predicted molar refractivity (Wildman–Crippen MR) is 79.5 cm³/mol. The van der Waals surface area contributed by atoms with Crippen LogP contribution in [0.4, 0.5) is 17.6 Å². The molecule has 1 aliphatic rings. The van der Waals surface area contributed by atoms with Gasteiger partial charge in [-0.15, -0.1) is 0 Å². The van der Waals surface area contributed by atoms with Crippen molar-refractivity contribution in [3.8, 4) is 11.1 Å². The van der Waals surface area contributed by atoms with Crippen molar-refractivity contribution < 1.29 is 26.0 Å². The van der Waals surface area contributed by atoms with E-state index in [4.69, 9.17) is 5.14 Å². The van der Waals surface area contributed by atoms with Gasteiger partial charge in [0.05, 0.1) is 12.1 Å². The molecular weight excluding hydrogens is 348 g/mol. The van der Waals surface area contributed by atoms with E-state index in [9.17, 15) is 26.0 Å². The molecule has 2 aromatic carbocycles. The van der Waals surface area contributed by atoms with Crippen molar-refractivity contribution in [2.75, 3.05) is 0 Å². The monoisotopic (exact) mass is 358 g/mol. The molecule has 0 fully saturated rings. The van der Waals surface area contributed by atoms with Crippen LogP contribution in [0.1, 0.15) is 16.7 Å². The summed E-state index contributed by atoms with van der Waals surface area (Å²) in [5, 5.41) is 4.88. The molecule has 9 heteroatoms. The first-order valence-corrected chi connectivity index (χ1v) is 8.18. The average molecular weight is 358 g/mol. The van der Waals surface area contributed by atoms with Crippen LogP contribution in [-0.4, -0.2) is 14.6 Å². The molecule has 2 aromatic rings. The molecule has 2 N–H and O–H groups in total. The summed E-state index contributed by atoms with van der Waals surface area (Å²) in [5.74, 6) is -1.13. The van der Waals surface area contributed by atoms with Crippen molar-refractivity contribution in [1.82, 2.24) is 0 Å². The number of fused-ring (bicyclic) bond motifs is 1. The first-order chi connectivity index (χ1) is 11.1. The number of benzene rings is 2. The van der Waals surface area contributed by atoms with Crippen molar-refractivity contribution in [3.05, 3.63) is 52.8 Å². The van der Waals surface area contributed by atoms with Gasteiger partial charge in [0, 0.05) is 11.8 Å². The molecule has 1 heterocycles. The quantitative estimate of drug-likeness (QED) is 0.838. The van der Waals surface area contributed by atoms with Crippen LogP contribution in [0.5, 0.6) is 0 Å². The van der Waals surface area contributed by atoms with E-state index in [0.29, 0.717) is 11.1 Å². The third-order valence-corrected chi connectivity index (χ3v) is 4.57. The number of aliphatic imine (C=N–C) groups is 1. The molecule has 126 valence electrons. The van der Waals surface area contributed by atoms with E-state index in [2.05, 4.69) is 4.99 Å². The van der Waals surface area contributed by atoms with Crippen LogP contribution in [-0.2, 0) is 22.7 Å². The van der Waals surface area contributed by atoms with Gasteiger partial charge >= 0.3 is 6.18 Å². The lowest BCUT2D eigenvalue weighted by Crippen LogP contribution is -2.14. The molecule has 0 amide bonds. The van der Waals surface area contributed by atoms with E-state index in [-0.39, 0.29) is 17.7 Å². The number of nitrogens with zero attached hydrogens (tertiary/aromatic N) is 1. The molecule has 3 rings (SSSR count). The summed E-state index contributed by atoms with van der Waals surface area (Å²) in [7, 11) is -4.26. The summed E-state index contributed by atoms with van der Waals surface area (Å²) in [6, 6.07) is 4.88. The van der Waals surface area contributed by atoms with E-state index in [1.54, 1.807) is 0 Å². The third kappa shape index (κ3) is 2.92. The highest BCUT2D eigenvalue weighted by atomic mass is 32.2. The number of nitrogens with two attached hydrogens (primary N) is 1. The van der Waals surface area contributed by atoms with Crippen LogP contribution >= 0.6 is 0 Å². The Bertz CT molecular complexity index is 966. The van der Waals surface area contributed by atoms with E-state index < -0.39 is 32.5 Å². The zero-order valence-corrected chi connectivity index (χ0v) is 12.7. The zero-order valence-electron chi connectivity index (χ0n) is 11.9. The second-order valence-corrected chi connectivity index (χ2v) is 6.78. The van der Waals surface area contributed by atoms with Gasteiger partial charge < -0.3 is 0 Å². The Morgan fingerprint density at radius 1 is 1.12 bits per heavy atom. The summed E-state index contributed by atoms with van der Waals surface area (Å²) >= 11 is 0. The van der Waals surface area contributed by atoms with Gasteiger partial charge in [-0.1, -0.05) is 6.07 Å². The first kappa shape index (κ1) is 16.6. The van der Waals surface area contributed by atoms with E-state index >= 15 is 0 Å². The Morgan fingerprint density at radius 3 is 2.42 bits per heavy atom. The number of sulfonamides is 1. The van der Waals surface area contributed by atoms with Gasteiger partial charge in [0.1, 0.15) is 10.7 Å². The highest BCUT2D eigenvalue weighted by Crippen LogP contribution is 2.37. The number of halogens is 4. The predicted octanol–water partition coefficient (Wildman–Crippen LogP) is 3.09. The Labute approximate surface area is 134 Å². The highest BCUT2D eigenvalue weighted by Gasteiger charge is 2.32. The summed E-state index contributed by atoms with van der Waals surface area (Å²) < 4.78 is 75.6. The molecule has 0 aromatic heterocycles. The minimum absolute atomic E-state index is 0.101. The minimum Gasteiger partial charge on any atom is -0.288 e. The topological polar surface area (TPSA) is 72.5 Å². The minimum atomic E-state index is -4.56. The molecule has 1 aliphatic heterocycles. The van der Waals surface area contributed by atoms with Crippen molar-refractivity contribution in [2.24, 2.45) is 10.1 Å². The van der Waals surface area contributed by atoms with Crippen LogP contribution in [0.15, 0.2) is 40.2 Å². The second kappa shape index (κ2) is 5.38. The van der Waals surface area contributed by atoms with Gasteiger partial charge in [-0.25, -0.2) is 17.9 Å². The summed E-state index contributed by atoms with van der Waals surface area (Å²) in [6.45, 7) is 0.101. The summed E-state index contributed by atoms with van der Waals surface area (Å²) in [5.41, 5.74) is 0.177. The van der Waals surface area contributed by atoms with Crippen molar-refractivity contribution >= 4 is 16.2 Å². The number of primary sulfonamides is 1. The lowest BCUT2D eigenvalue weighted by molar-refractivity contribution is -0.137. The molecule has 0 radical (unpaired) electrons. The fourth-order valence-electron chi connectivity index (χ4n) is 2.53. The Kier molecular flexibility index (Phi) is 3.72. The number of hydrogen-bond acceptors (Lipinski definition) is 3. The first-order valence-electron chi connectivity index (χ1n) is 6.64. The maximum atomic E-state index is 14.0. The Balaban J connectivity index is 2.21. The van der Waals surface area contributed by atoms with Gasteiger partial charge in [0.25, 0.3) is 0 Å².